The molecule has 4 rings (SSSR count). The van der Waals surface area contributed by atoms with Crippen LogP contribution in [0.5, 0.6) is 11.5 Å². The van der Waals surface area contributed by atoms with Gasteiger partial charge in [0.15, 0.2) is 4.80 Å². The second kappa shape index (κ2) is 10.5. The van der Waals surface area contributed by atoms with Crippen molar-refractivity contribution in [2.24, 2.45) is 4.99 Å². The number of anilines is 1. The van der Waals surface area contributed by atoms with Gasteiger partial charge in [-0.2, -0.15) is 4.99 Å². The molecular weight excluding hydrogens is 498 g/mol. The lowest BCUT2D eigenvalue weighted by Gasteiger charge is -2.22. The third-order valence-electron chi connectivity index (χ3n) is 5.73. The van der Waals surface area contributed by atoms with Crippen LogP contribution in [0.2, 0.25) is 0 Å². The van der Waals surface area contributed by atoms with E-state index >= 15 is 0 Å². The first-order chi connectivity index (χ1) is 17.3. The standard InChI is InChI=1S/C26H27N3O5S2/c1-5-28-23-21(33-3)16-17-22(34-4)24(23)35-26(28)27-25(30)18-12-14-20(15-13-18)36(31,32)29(6-2)19-10-8-7-9-11-19/h7-17H,5-6H2,1-4H3. The Morgan fingerprint density at radius 2 is 1.58 bits per heavy atom. The second-order valence-electron chi connectivity index (χ2n) is 7.72. The highest BCUT2D eigenvalue weighted by Gasteiger charge is 2.24. The number of rotatable bonds is 8. The van der Waals surface area contributed by atoms with Crippen LogP contribution >= 0.6 is 11.3 Å². The Morgan fingerprint density at radius 3 is 2.17 bits per heavy atom. The zero-order valence-electron chi connectivity index (χ0n) is 20.5. The third kappa shape index (κ3) is 4.61. The number of benzene rings is 3. The van der Waals surface area contributed by atoms with Gasteiger partial charge in [-0.05, 0) is 62.4 Å². The predicted molar refractivity (Wildman–Crippen MR) is 142 cm³/mol. The molecule has 0 saturated heterocycles. The Labute approximate surface area is 214 Å². The lowest BCUT2D eigenvalue weighted by Crippen LogP contribution is -2.30. The van der Waals surface area contributed by atoms with Gasteiger partial charge in [0.05, 0.1) is 24.8 Å². The van der Waals surface area contributed by atoms with Gasteiger partial charge in [0, 0.05) is 18.7 Å². The van der Waals surface area contributed by atoms with Gasteiger partial charge < -0.3 is 14.0 Å². The van der Waals surface area contributed by atoms with Crippen molar-refractivity contribution < 1.29 is 22.7 Å². The smallest absolute Gasteiger partial charge is 0.279 e. The summed E-state index contributed by atoms with van der Waals surface area (Å²) in [6, 6.07) is 18.4. The highest BCUT2D eigenvalue weighted by molar-refractivity contribution is 7.92. The molecule has 1 heterocycles. The van der Waals surface area contributed by atoms with Crippen molar-refractivity contribution >= 4 is 43.2 Å². The minimum Gasteiger partial charge on any atom is -0.495 e. The van der Waals surface area contributed by atoms with E-state index in [-0.39, 0.29) is 17.0 Å². The molecule has 1 amide bonds. The molecule has 0 unspecified atom stereocenters. The molecule has 0 aliphatic heterocycles. The van der Waals surface area contributed by atoms with Crippen LogP contribution in [0.1, 0.15) is 24.2 Å². The third-order valence-corrected chi connectivity index (χ3v) is 8.74. The van der Waals surface area contributed by atoms with Crippen LogP contribution in [0.4, 0.5) is 5.69 Å². The molecule has 3 aromatic carbocycles. The summed E-state index contributed by atoms with van der Waals surface area (Å²) in [5.74, 6) is 0.854. The van der Waals surface area contributed by atoms with Crippen LogP contribution in [0.25, 0.3) is 10.2 Å². The highest BCUT2D eigenvalue weighted by Crippen LogP contribution is 2.35. The van der Waals surface area contributed by atoms with E-state index in [1.165, 1.54) is 39.9 Å². The molecule has 0 saturated carbocycles. The van der Waals surface area contributed by atoms with Crippen molar-refractivity contribution in [2.45, 2.75) is 25.3 Å². The van der Waals surface area contributed by atoms with Crippen LogP contribution in [0, 0.1) is 0 Å². The number of thiazole rings is 1. The summed E-state index contributed by atoms with van der Waals surface area (Å²) in [6.45, 7) is 4.58. The van der Waals surface area contributed by atoms with Crippen LogP contribution in [-0.4, -0.2) is 39.7 Å². The normalized spacial score (nSPS) is 12.1. The maximum atomic E-state index is 13.2. The maximum Gasteiger partial charge on any atom is 0.279 e. The van der Waals surface area contributed by atoms with E-state index in [0.29, 0.717) is 28.5 Å². The molecule has 0 atom stereocenters. The topological polar surface area (TPSA) is 90.2 Å². The second-order valence-corrected chi connectivity index (χ2v) is 10.6. The number of para-hydroxylation sites is 1. The molecular formula is C26H27N3O5S2. The number of carbonyl (C=O) groups is 1. The fourth-order valence-electron chi connectivity index (χ4n) is 3.97. The number of hydrogen-bond donors (Lipinski definition) is 0. The van der Waals surface area contributed by atoms with Crippen LogP contribution in [0.3, 0.4) is 0 Å². The average Bonchev–Trinajstić information content (AvgIpc) is 3.27. The Balaban J connectivity index is 1.71. The SMILES string of the molecule is CCN(c1ccccc1)S(=O)(=O)c1ccc(C(=O)N=c2sc3c(OC)ccc(OC)c3n2CC)cc1. The Hall–Kier alpha value is -3.63. The van der Waals surface area contributed by atoms with E-state index in [1.807, 2.05) is 29.7 Å². The number of hydrogen-bond acceptors (Lipinski definition) is 6. The van der Waals surface area contributed by atoms with Crippen molar-refractivity contribution in [3.8, 4) is 11.5 Å². The summed E-state index contributed by atoms with van der Waals surface area (Å²) >= 11 is 1.33. The largest absolute Gasteiger partial charge is 0.495 e. The van der Waals surface area contributed by atoms with E-state index in [0.717, 1.165) is 10.2 Å². The fraction of sp³-hybridized carbons (Fsp3) is 0.231. The number of amides is 1. The number of aryl methyl sites for hydroxylation is 1. The monoisotopic (exact) mass is 525 g/mol. The summed E-state index contributed by atoms with van der Waals surface area (Å²) in [4.78, 5) is 18.0. The minimum atomic E-state index is -3.79. The number of carbonyl (C=O) groups excluding carboxylic acids is 1. The first-order valence-corrected chi connectivity index (χ1v) is 13.6. The Bertz CT molecular complexity index is 1560. The maximum absolute atomic E-state index is 13.2. The summed E-state index contributed by atoms with van der Waals surface area (Å²) < 4.78 is 41.5. The van der Waals surface area contributed by atoms with Gasteiger partial charge in [-0.15, -0.1) is 0 Å². The number of fused-ring (bicyclic) bond motifs is 1. The zero-order valence-corrected chi connectivity index (χ0v) is 22.1. The van der Waals surface area contributed by atoms with E-state index < -0.39 is 15.9 Å². The van der Waals surface area contributed by atoms with Crippen molar-refractivity contribution in [2.75, 3.05) is 25.1 Å². The first kappa shape index (κ1) is 25.5. The van der Waals surface area contributed by atoms with Gasteiger partial charge in [0.25, 0.3) is 15.9 Å². The molecule has 10 heteroatoms. The number of nitrogens with zero attached hydrogens (tertiary/aromatic N) is 3. The van der Waals surface area contributed by atoms with E-state index in [1.54, 1.807) is 45.4 Å². The van der Waals surface area contributed by atoms with Crippen LogP contribution in [-0.2, 0) is 16.6 Å². The molecule has 1 aromatic heterocycles. The molecule has 0 aliphatic rings. The van der Waals surface area contributed by atoms with E-state index in [4.69, 9.17) is 9.47 Å². The van der Waals surface area contributed by atoms with Crippen LogP contribution in [0.15, 0.2) is 76.6 Å². The number of sulfonamides is 1. The summed E-state index contributed by atoms with van der Waals surface area (Å²) in [6.07, 6.45) is 0. The molecule has 0 bridgehead atoms. The van der Waals surface area contributed by atoms with Crippen molar-refractivity contribution in [3.63, 3.8) is 0 Å². The molecule has 36 heavy (non-hydrogen) atoms. The predicted octanol–water partition coefficient (Wildman–Crippen LogP) is 4.70. The fourth-order valence-corrected chi connectivity index (χ4v) is 6.64. The molecule has 188 valence electrons. The van der Waals surface area contributed by atoms with Crippen molar-refractivity contribution in [1.82, 2.24) is 4.57 Å². The molecule has 0 radical (unpaired) electrons. The van der Waals surface area contributed by atoms with Gasteiger partial charge in [0.2, 0.25) is 0 Å². The van der Waals surface area contributed by atoms with Crippen molar-refractivity contribution in [1.29, 1.82) is 0 Å². The molecule has 0 aliphatic carbocycles. The summed E-state index contributed by atoms with van der Waals surface area (Å²) in [5, 5.41) is 0. The first-order valence-electron chi connectivity index (χ1n) is 11.4. The summed E-state index contributed by atoms with van der Waals surface area (Å²) in [7, 11) is -0.607. The number of aromatic nitrogens is 1. The minimum absolute atomic E-state index is 0.102. The summed E-state index contributed by atoms with van der Waals surface area (Å²) in [5.41, 5.74) is 1.67. The van der Waals surface area contributed by atoms with E-state index in [9.17, 15) is 13.2 Å². The Morgan fingerprint density at radius 1 is 0.944 bits per heavy atom. The molecule has 0 N–H and O–H groups in total. The van der Waals surface area contributed by atoms with Gasteiger partial charge in [0.1, 0.15) is 21.7 Å². The van der Waals surface area contributed by atoms with Crippen molar-refractivity contribution in [3.05, 3.63) is 77.1 Å². The Kier molecular flexibility index (Phi) is 7.46. The van der Waals surface area contributed by atoms with E-state index in [2.05, 4.69) is 4.99 Å². The lowest BCUT2D eigenvalue weighted by molar-refractivity contribution is 0.0997. The lowest BCUT2D eigenvalue weighted by atomic mass is 10.2. The molecule has 0 fully saturated rings. The van der Waals surface area contributed by atoms with Gasteiger partial charge >= 0.3 is 0 Å². The number of methoxy groups -OCH3 is 2. The van der Waals surface area contributed by atoms with Gasteiger partial charge in [-0.25, -0.2) is 8.42 Å². The van der Waals surface area contributed by atoms with Gasteiger partial charge in [-0.3, -0.25) is 9.10 Å². The molecule has 0 spiro atoms. The molecule has 8 nitrogen and oxygen atoms in total. The average molecular weight is 526 g/mol. The highest BCUT2D eigenvalue weighted by atomic mass is 32.2. The number of ether oxygens (including phenoxy) is 2. The van der Waals surface area contributed by atoms with Gasteiger partial charge in [-0.1, -0.05) is 29.5 Å². The zero-order chi connectivity index (χ0) is 25.9. The van der Waals surface area contributed by atoms with Crippen LogP contribution < -0.4 is 18.6 Å². The quantitative estimate of drug-likeness (QED) is 0.333. The molecule has 4 aromatic rings.